The largest absolute Gasteiger partial charge is 0.386 e. The molecule has 0 saturated carbocycles. The number of hydrogen-bond donors (Lipinski definition) is 1. The maximum atomic E-state index is 12.7. The molecule has 0 unspecified atom stereocenters. The molecule has 0 aliphatic heterocycles. The zero-order chi connectivity index (χ0) is 19.3. The summed E-state index contributed by atoms with van der Waals surface area (Å²) < 4.78 is 3.58. The Balaban J connectivity index is 2.08. The van der Waals surface area contributed by atoms with Crippen LogP contribution < -0.4 is 5.69 Å². The van der Waals surface area contributed by atoms with Crippen molar-refractivity contribution in [3.63, 3.8) is 0 Å². The van der Waals surface area contributed by atoms with Crippen LogP contribution in [0.25, 0.3) is 22.2 Å². The highest BCUT2D eigenvalue weighted by molar-refractivity contribution is 5.82. The molecule has 138 valence electrons. The van der Waals surface area contributed by atoms with Gasteiger partial charge in [0.2, 0.25) is 0 Å². The summed E-state index contributed by atoms with van der Waals surface area (Å²) in [5.74, 6) is 0. The molecule has 3 rings (SSSR count). The minimum Gasteiger partial charge on any atom is -0.386 e. The number of fused-ring (bicyclic) bond motifs is 1. The van der Waals surface area contributed by atoms with Gasteiger partial charge in [0.15, 0.2) is 0 Å². The smallest absolute Gasteiger partial charge is 0.328 e. The molecule has 2 aromatic carbocycles. The summed E-state index contributed by atoms with van der Waals surface area (Å²) in [6, 6.07) is 14.1. The fourth-order valence-corrected chi connectivity index (χ4v) is 3.28. The van der Waals surface area contributed by atoms with Gasteiger partial charge in [-0.15, -0.1) is 0 Å². The number of hydrogen-bond acceptors (Lipinski definition) is 2. The zero-order valence-electron chi connectivity index (χ0n) is 16.5. The van der Waals surface area contributed by atoms with E-state index in [1.54, 1.807) is 18.4 Å². The van der Waals surface area contributed by atoms with Crippen molar-refractivity contribution in [3.05, 3.63) is 58.5 Å². The van der Waals surface area contributed by atoms with Gasteiger partial charge in [0.05, 0.1) is 16.6 Å². The molecule has 4 nitrogen and oxygen atoms in total. The highest BCUT2D eigenvalue weighted by Crippen LogP contribution is 2.28. The van der Waals surface area contributed by atoms with Gasteiger partial charge in [-0.05, 0) is 48.1 Å². The van der Waals surface area contributed by atoms with Crippen LogP contribution in [-0.4, -0.2) is 14.2 Å². The molecule has 1 heterocycles. The highest BCUT2D eigenvalue weighted by atomic mass is 16.3. The van der Waals surface area contributed by atoms with Crippen LogP contribution in [0.15, 0.2) is 47.3 Å². The van der Waals surface area contributed by atoms with Gasteiger partial charge in [-0.2, -0.15) is 0 Å². The van der Waals surface area contributed by atoms with E-state index >= 15 is 0 Å². The Labute approximate surface area is 154 Å². The molecule has 4 heteroatoms. The van der Waals surface area contributed by atoms with E-state index in [1.165, 1.54) is 0 Å². The summed E-state index contributed by atoms with van der Waals surface area (Å²) in [6.07, 6.45) is 0. The van der Waals surface area contributed by atoms with E-state index in [2.05, 4.69) is 32.9 Å². The standard InChI is InChI=1S/C22H28N2O2/c1-21(2,3)14-24-18-12-9-16(13-19(18)23(6)20(24)25)15-7-10-17(11-8-15)22(4,5)26/h7-13,26H,14H2,1-6H3. The topological polar surface area (TPSA) is 47.2 Å². The summed E-state index contributed by atoms with van der Waals surface area (Å²) in [4.78, 5) is 12.7. The molecule has 0 spiro atoms. The van der Waals surface area contributed by atoms with Gasteiger partial charge in [-0.1, -0.05) is 51.1 Å². The Morgan fingerprint density at radius 1 is 0.885 bits per heavy atom. The summed E-state index contributed by atoms with van der Waals surface area (Å²) in [7, 11) is 1.82. The van der Waals surface area contributed by atoms with Crippen LogP contribution in [0.1, 0.15) is 40.2 Å². The minimum atomic E-state index is -0.851. The average Bonchev–Trinajstić information content (AvgIpc) is 2.77. The summed E-state index contributed by atoms with van der Waals surface area (Å²) in [6.45, 7) is 10.6. The van der Waals surface area contributed by atoms with Gasteiger partial charge in [0, 0.05) is 13.6 Å². The van der Waals surface area contributed by atoms with Gasteiger partial charge >= 0.3 is 5.69 Å². The third-order valence-electron chi connectivity index (χ3n) is 4.70. The van der Waals surface area contributed by atoms with E-state index in [4.69, 9.17) is 0 Å². The van der Waals surface area contributed by atoms with Crippen molar-refractivity contribution in [2.45, 2.75) is 46.8 Å². The van der Waals surface area contributed by atoms with E-state index < -0.39 is 5.60 Å². The molecule has 0 bridgehead atoms. The number of rotatable bonds is 3. The number of aryl methyl sites for hydroxylation is 1. The van der Waals surface area contributed by atoms with Crippen molar-refractivity contribution in [3.8, 4) is 11.1 Å². The van der Waals surface area contributed by atoms with E-state index in [0.29, 0.717) is 6.54 Å². The van der Waals surface area contributed by atoms with E-state index in [-0.39, 0.29) is 11.1 Å². The molecule has 0 aliphatic rings. The maximum absolute atomic E-state index is 12.7. The molecule has 1 N–H and O–H groups in total. The molecular formula is C22H28N2O2. The first-order valence-electron chi connectivity index (χ1n) is 9.00. The summed E-state index contributed by atoms with van der Waals surface area (Å²) in [5.41, 5.74) is 4.10. The second-order valence-electron chi connectivity index (χ2n) is 8.83. The van der Waals surface area contributed by atoms with Crippen molar-refractivity contribution in [1.82, 2.24) is 9.13 Å². The molecule has 0 fully saturated rings. The predicted octanol–water partition coefficient (Wildman–Crippen LogP) is 4.28. The Morgan fingerprint density at radius 3 is 2.00 bits per heavy atom. The van der Waals surface area contributed by atoms with E-state index in [1.807, 2.05) is 41.9 Å². The van der Waals surface area contributed by atoms with E-state index in [9.17, 15) is 9.90 Å². The van der Waals surface area contributed by atoms with Gasteiger partial charge in [0.25, 0.3) is 0 Å². The number of aliphatic hydroxyl groups is 1. The van der Waals surface area contributed by atoms with Crippen molar-refractivity contribution in [2.24, 2.45) is 12.5 Å². The van der Waals surface area contributed by atoms with Crippen LogP contribution in [0.3, 0.4) is 0 Å². The number of aromatic nitrogens is 2. The fraction of sp³-hybridized carbons (Fsp3) is 0.409. The van der Waals surface area contributed by atoms with E-state index in [0.717, 1.165) is 27.7 Å². The molecule has 0 atom stereocenters. The lowest BCUT2D eigenvalue weighted by Gasteiger charge is -2.19. The maximum Gasteiger partial charge on any atom is 0.328 e. The molecular weight excluding hydrogens is 324 g/mol. The monoisotopic (exact) mass is 352 g/mol. The van der Waals surface area contributed by atoms with Gasteiger partial charge in [-0.25, -0.2) is 4.79 Å². The Bertz CT molecular complexity index is 994. The van der Waals surface area contributed by atoms with Crippen molar-refractivity contribution < 1.29 is 5.11 Å². The SMILES string of the molecule is Cn1c(=O)n(CC(C)(C)C)c2ccc(-c3ccc(C(C)(C)O)cc3)cc21. The molecule has 3 aromatic rings. The average molecular weight is 352 g/mol. The molecule has 0 aliphatic carbocycles. The Hall–Kier alpha value is -2.33. The third kappa shape index (κ3) is 3.47. The normalized spacial score (nSPS) is 12.7. The number of nitrogens with zero attached hydrogens (tertiary/aromatic N) is 2. The Morgan fingerprint density at radius 2 is 1.46 bits per heavy atom. The fourth-order valence-electron chi connectivity index (χ4n) is 3.28. The van der Waals surface area contributed by atoms with Gasteiger partial charge < -0.3 is 5.11 Å². The van der Waals surface area contributed by atoms with Crippen LogP contribution in [-0.2, 0) is 19.2 Å². The molecule has 0 amide bonds. The second-order valence-corrected chi connectivity index (χ2v) is 8.83. The minimum absolute atomic E-state index is 0.0180. The van der Waals surface area contributed by atoms with Crippen molar-refractivity contribution in [1.29, 1.82) is 0 Å². The first-order valence-corrected chi connectivity index (χ1v) is 9.00. The Kier molecular flexibility index (Phi) is 4.35. The number of benzene rings is 2. The van der Waals surface area contributed by atoms with Crippen LogP contribution in [0, 0.1) is 5.41 Å². The number of imidazole rings is 1. The van der Waals surface area contributed by atoms with Crippen molar-refractivity contribution >= 4 is 11.0 Å². The summed E-state index contributed by atoms with van der Waals surface area (Å²) in [5, 5.41) is 10.1. The first-order chi connectivity index (χ1) is 12.0. The lowest BCUT2D eigenvalue weighted by atomic mass is 9.95. The third-order valence-corrected chi connectivity index (χ3v) is 4.70. The quantitative estimate of drug-likeness (QED) is 0.765. The summed E-state index contributed by atoms with van der Waals surface area (Å²) >= 11 is 0. The van der Waals surface area contributed by atoms with Crippen molar-refractivity contribution in [2.75, 3.05) is 0 Å². The zero-order valence-corrected chi connectivity index (χ0v) is 16.5. The molecule has 0 radical (unpaired) electrons. The van der Waals surface area contributed by atoms with Crippen LogP contribution in [0.4, 0.5) is 0 Å². The first kappa shape index (κ1) is 18.5. The molecule has 1 aromatic heterocycles. The molecule has 0 saturated heterocycles. The van der Waals surface area contributed by atoms with Crippen LogP contribution in [0.5, 0.6) is 0 Å². The van der Waals surface area contributed by atoms with Gasteiger partial charge in [0.1, 0.15) is 0 Å². The lowest BCUT2D eigenvalue weighted by Crippen LogP contribution is -2.27. The predicted molar refractivity (Wildman–Crippen MR) is 107 cm³/mol. The lowest BCUT2D eigenvalue weighted by molar-refractivity contribution is 0.0786. The molecule has 26 heavy (non-hydrogen) atoms. The second kappa shape index (κ2) is 6.13. The van der Waals surface area contributed by atoms with Gasteiger partial charge in [-0.3, -0.25) is 9.13 Å². The van der Waals surface area contributed by atoms with Crippen LogP contribution >= 0.6 is 0 Å². The highest BCUT2D eigenvalue weighted by Gasteiger charge is 2.18. The van der Waals surface area contributed by atoms with Crippen LogP contribution in [0.2, 0.25) is 0 Å².